The topological polar surface area (TPSA) is 309 Å². The van der Waals surface area contributed by atoms with Crippen molar-refractivity contribution in [3.63, 3.8) is 0 Å². The van der Waals surface area contributed by atoms with Gasteiger partial charge < -0.3 is 14.6 Å². The number of rotatable bonds is 15. The third-order valence-corrected chi connectivity index (χ3v) is 9.43. The fourth-order valence-electron chi connectivity index (χ4n) is 4.31. The van der Waals surface area contributed by atoms with Gasteiger partial charge in [0.05, 0.1) is 60.8 Å². The van der Waals surface area contributed by atoms with Crippen molar-refractivity contribution >= 4 is 79.6 Å². The molecule has 0 radical (unpaired) electrons. The molecule has 0 unspecified atom stereocenters. The molecule has 3 aromatic rings. The fourth-order valence-corrected chi connectivity index (χ4v) is 6.39. The molecule has 282 valence electrons. The number of carbonyl (C=O) groups is 3. The van der Waals surface area contributed by atoms with Crippen LogP contribution in [0.15, 0.2) is 91.0 Å². The van der Waals surface area contributed by atoms with E-state index in [9.17, 15) is 45.4 Å². The van der Waals surface area contributed by atoms with Gasteiger partial charge in [0.15, 0.2) is 11.4 Å². The van der Waals surface area contributed by atoms with E-state index in [1.165, 1.54) is 18.2 Å². The van der Waals surface area contributed by atoms with Crippen LogP contribution in [0, 0.1) is 0 Å². The van der Waals surface area contributed by atoms with Gasteiger partial charge in [0.25, 0.3) is 26.1 Å². The first-order valence-corrected chi connectivity index (χ1v) is 17.9. The van der Waals surface area contributed by atoms with Gasteiger partial charge in [-0.3, -0.25) is 13.9 Å². The minimum absolute atomic E-state index is 0.0514. The van der Waals surface area contributed by atoms with Crippen molar-refractivity contribution in [1.29, 1.82) is 0 Å². The molecule has 0 spiro atoms. The van der Waals surface area contributed by atoms with E-state index in [1.54, 1.807) is 0 Å². The average molecular weight is 819 g/mol. The minimum Gasteiger partial charge on any atom is -0.493 e. The van der Waals surface area contributed by atoms with Gasteiger partial charge in [0.1, 0.15) is 9.79 Å². The fraction of sp³-hybridized carbons (Fsp3) is 0.0741. The van der Waals surface area contributed by atoms with E-state index in [2.05, 4.69) is 33.7 Å². The van der Waals surface area contributed by atoms with Gasteiger partial charge in [0.2, 0.25) is 5.88 Å². The summed E-state index contributed by atoms with van der Waals surface area (Å²) in [6, 6.07) is 6.15. The van der Waals surface area contributed by atoms with Gasteiger partial charge in [-0.25, -0.2) is 20.1 Å². The quantitative estimate of drug-likeness (QED) is 0.0280. The highest BCUT2D eigenvalue weighted by molar-refractivity contribution is 7.94. The number of allylic oxidation sites excluding steroid dienone is 4. The molecule has 0 aliphatic carbocycles. The number of carbonyl (C=O) groups excluding carboxylic acids is 3. The number of hydrogen-bond acceptors (Lipinski definition) is 20. The molecule has 0 fully saturated rings. The Labute approximate surface area is 305 Å². The highest BCUT2D eigenvalue weighted by Crippen LogP contribution is 2.35. The molecule has 1 aliphatic heterocycles. The molecule has 1 amide bonds. The predicted octanol–water partition coefficient (Wildman–Crippen LogP) is 2.79. The molecule has 4 rings (SSSR count). The van der Waals surface area contributed by atoms with Crippen LogP contribution in [0.2, 0.25) is 0 Å². The van der Waals surface area contributed by atoms with Crippen LogP contribution in [0.5, 0.6) is 5.88 Å². The number of aromatic hydroxyl groups is 1. The summed E-state index contributed by atoms with van der Waals surface area (Å²) in [6.45, 7) is 0. The van der Waals surface area contributed by atoms with E-state index in [4.69, 9.17) is 15.3 Å². The molecule has 0 saturated carbocycles. The van der Waals surface area contributed by atoms with Gasteiger partial charge in [-0.2, -0.15) is 36.7 Å². The Morgan fingerprint density at radius 2 is 1.36 bits per heavy atom. The Bertz CT molecular complexity index is 2280. The Balaban J connectivity index is 1.74. The number of ether oxygens (including phenoxy) is 2. The molecular weight excluding hydrogens is 797 g/mol. The summed E-state index contributed by atoms with van der Waals surface area (Å²) in [5, 5.41) is 43.3. The first kappa shape index (κ1) is 40.8. The van der Waals surface area contributed by atoms with Crippen LogP contribution < -0.4 is 5.01 Å². The molecule has 1 aromatic heterocycles. The van der Waals surface area contributed by atoms with Crippen LogP contribution in [0.1, 0.15) is 16.1 Å². The van der Waals surface area contributed by atoms with E-state index in [0.29, 0.717) is 33.8 Å². The lowest BCUT2D eigenvalue weighted by Gasteiger charge is -2.15. The maximum Gasteiger partial charge on any atom is 0.359 e. The summed E-state index contributed by atoms with van der Waals surface area (Å²) in [5.74, 6) is -4.09. The molecule has 0 saturated heterocycles. The summed E-state index contributed by atoms with van der Waals surface area (Å²) in [7, 11) is -7.93. The summed E-state index contributed by atoms with van der Waals surface area (Å²) < 4.78 is 86.6. The molecule has 53 heavy (non-hydrogen) atoms. The van der Waals surface area contributed by atoms with Crippen LogP contribution >= 0.6 is 24.1 Å². The van der Waals surface area contributed by atoms with Gasteiger partial charge in [-0.05, 0) is 48.6 Å². The van der Waals surface area contributed by atoms with Gasteiger partial charge >= 0.3 is 11.9 Å². The minimum atomic E-state index is -4.97. The molecule has 22 nitrogen and oxygen atoms in total. The van der Waals surface area contributed by atoms with E-state index >= 15 is 0 Å². The normalized spacial score (nSPS) is 14.5. The maximum atomic E-state index is 13.5. The lowest BCUT2D eigenvalue weighted by Crippen LogP contribution is -2.24. The molecule has 2 aromatic carbocycles. The van der Waals surface area contributed by atoms with Crippen LogP contribution in [0.3, 0.4) is 0 Å². The highest BCUT2D eigenvalue weighted by Gasteiger charge is 2.38. The number of hydrazone groups is 1. The predicted molar refractivity (Wildman–Crippen MR) is 177 cm³/mol. The van der Waals surface area contributed by atoms with Crippen LogP contribution in [-0.4, -0.2) is 89.1 Å². The number of methoxy groups -OCH3 is 2. The molecule has 0 bridgehead atoms. The Morgan fingerprint density at radius 3 is 1.89 bits per heavy atom. The second kappa shape index (κ2) is 17.2. The Morgan fingerprint density at radius 1 is 0.811 bits per heavy atom. The number of amides is 1. The average Bonchev–Trinajstić information content (AvgIpc) is 3.63. The van der Waals surface area contributed by atoms with Crippen LogP contribution in [0.25, 0.3) is 11.8 Å². The van der Waals surface area contributed by atoms with E-state index < -0.39 is 82.1 Å². The second-order valence-corrected chi connectivity index (χ2v) is 13.9. The highest BCUT2D eigenvalue weighted by atomic mass is 32.2. The molecule has 5 N–H and O–H groups in total. The maximum absolute atomic E-state index is 13.5. The number of aromatic nitrogens is 2. The standard InChI is InChI=1S/C27H22N4O18S4/c1-44-26(34)22-16(24(32)30(28-22)18-12-14(50-48-46-36)8-10-20(18)52(38,39)40)6-4-3-5-7-17-23(27(35)45-2)29-31(25(17)33)19-13-15(51-49-47-37)9-11-21(19)53(41,42)43/h3-13,32,36-37H,1-2H3,(H,38,39,40)(H,41,42,43)/b5-3+,6-4+,17-7+. The molecule has 1 aliphatic rings. The van der Waals surface area contributed by atoms with Crippen molar-refractivity contribution in [2.45, 2.75) is 19.6 Å². The summed E-state index contributed by atoms with van der Waals surface area (Å²) in [5.41, 5.74) is -2.87. The van der Waals surface area contributed by atoms with Gasteiger partial charge in [0, 0.05) is 9.79 Å². The molecule has 2 heterocycles. The van der Waals surface area contributed by atoms with Crippen molar-refractivity contribution in [3.8, 4) is 11.6 Å². The zero-order chi connectivity index (χ0) is 39.1. The van der Waals surface area contributed by atoms with Crippen molar-refractivity contribution in [3.05, 3.63) is 77.5 Å². The summed E-state index contributed by atoms with van der Waals surface area (Å²) in [4.78, 5) is 37.2. The second-order valence-electron chi connectivity index (χ2n) is 9.53. The Kier molecular flexibility index (Phi) is 13.3. The third-order valence-electron chi connectivity index (χ3n) is 6.47. The largest absolute Gasteiger partial charge is 0.493 e. The van der Waals surface area contributed by atoms with Gasteiger partial charge in [-0.15, -0.1) is 8.67 Å². The van der Waals surface area contributed by atoms with Gasteiger partial charge in [-0.1, -0.05) is 28.3 Å². The third kappa shape index (κ3) is 9.34. The number of nitrogens with zero attached hydrogens (tertiary/aromatic N) is 4. The van der Waals surface area contributed by atoms with E-state index in [0.717, 1.165) is 62.8 Å². The van der Waals surface area contributed by atoms with Crippen molar-refractivity contribution in [2.75, 3.05) is 19.2 Å². The first-order valence-electron chi connectivity index (χ1n) is 13.6. The number of esters is 2. The number of hydrogen-bond donors (Lipinski definition) is 5. The summed E-state index contributed by atoms with van der Waals surface area (Å²) in [6.07, 6.45) is 5.82. The lowest BCUT2D eigenvalue weighted by atomic mass is 10.1. The van der Waals surface area contributed by atoms with E-state index in [1.807, 2.05) is 0 Å². The zero-order valence-corrected chi connectivity index (χ0v) is 29.6. The van der Waals surface area contributed by atoms with E-state index in [-0.39, 0.29) is 15.4 Å². The molecule has 0 atom stereocenters. The number of anilines is 1. The smallest absolute Gasteiger partial charge is 0.359 e. The lowest BCUT2D eigenvalue weighted by molar-refractivity contribution is -0.432. The molecule has 26 heteroatoms. The van der Waals surface area contributed by atoms with Crippen molar-refractivity contribution in [2.24, 2.45) is 5.10 Å². The summed E-state index contributed by atoms with van der Waals surface area (Å²) >= 11 is 0.785. The molecular formula is C27H22N4O18S4. The number of benzene rings is 2. The monoisotopic (exact) mass is 818 g/mol. The van der Waals surface area contributed by atoms with Crippen LogP contribution in [0.4, 0.5) is 5.69 Å². The van der Waals surface area contributed by atoms with Crippen molar-refractivity contribution in [1.82, 2.24) is 9.78 Å². The van der Waals surface area contributed by atoms with Crippen LogP contribution in [-0.2, 0) is 58.0 Å². The first-order chi connectivity index (χ1) is 25.1. The zero-order valence-electron chi connectivity index (χ0n) is 26.3. The SMILES string of the molecule is COC(=O)C1=NN(c2cc(SOOO)ccc2S(=O)(=O)O)C(=O)/C1=C/C=C/C=C/c1c(C(=O)OC)nn(-c2cc(SOOO)ccc2S(=O)(=O)O)c1O. The van der Waals surface area contributed by atoms with Crippen molar-refractivity contribution < 1.29 is 84.2 Å². The Hall–Kier alpha value is -4.97.